The Labute approximate surface area is 262 Å². The molecule has 8 fully saturated rings. The normalized spacial score (nSPS) is 62.2. The standard InChI is InChI=1S/C35H56O9/c1-17-14-19-26(30(4,5)40)44-35(43-19)25(17)31(6)12-13-34-16-33(34)11-10-22(42-27-24(38)23(37)18(36)15-41-27)29(2,3)20(33)8-9-21(34)32(31,7)28(35)39/h17-28,36-40H,8-16H2,1-7H3/t17-,18+,19+,20-,21+,22+,23-,24+,25-,26-,27-,28+,31-,32-,33+,34-,35-/m1/s1. The van der Waals surface area contributed by atoms with Gasteiger partial charge in [-0.2, -0.15) is 0 Å². The zero-order chi connectivity index (χ0) is 31.6. The Kier molecular flexibility index (Phi) is 6.33. The Morgan fingerprint density at radius 1 is 0.841 bits per heavy atom. The summed E-state index contributed by atoms with van der Waals surface area (Å²) in [7, 11) is 0. The number of ether oxygens (including phenoxy) is 4. The van der Waals surface area contributed by atoms with E-state index in [1.54, 1.807) is 13.8 Å². The minimum atomic E-state index is -1.28. The van der Waals surface area contributed by atoms with Crippen molar-refractivity contribution in [3.8, 4) is 0 Å². The molecule has 0 aromatic carbocycles. The van der Waals surface area contributed by atoms with E-state index >= 15 is 0 Å². The minimum Gasteiger partial charge on any atom is -0.388 e. The quantitative estimate of drug-likeness (QED) is 0.301. The first-order valence-electron chi connectivity index (χ1n) is 17.5. The van der Waals surface area contributed by atoms with Crippen LogP contribution in [0.25, 0.3) is 0 Å². The fraction of sp³-hybridized carbons (Fsp3) is 1.00. The topological polar surface area (TPSA) is 138 Å². The molecule has 44 heavy (non-hydrogen) atoms. The lowest BCUT2D eigenvalue weighted by atomic mass is 9.41. The summed E-state index contributed by atoms with van der Waals surface area (Å²) in [6, 6.07) is 0. The highest BCUT2D eigenvalue weighted by atomic mass is 16.8. The third-order valence-corrected chi connectivity index (χ3v) is 15.9. The minimum absolute atomic E-state index is 0.0559. The van der Waals surface area contributed by atoms with E-state index in [0.29, 0.717) is 17.8 Å². The van der Waals surface area contributed by atoms with Crippen LogP contribution in [0.5, 0.6) is 0 Å². The van der Waals surface area contributed by atoms with Gasteiger partial charge in [-0.15, -0.1) is 0 Å². The van der Waals surface area contributed by atoms with E-state index in [1.807, 2.05) is 0 Å². The Bertz CT molecular complexity index is 1200. The van der Waals surface area contributed by atoms with Gasteiger partial charge >= 0.3 is 0 Å². The van der Waals surface area contributed by atoms with Crippen LogP contribution in [0.3, 0.4) is 0 Å². The second kappa shape index (κ2) is 9.00. The smallest absolute Gasteiger partial charge is 0.199 e. The van der Waals surface area contributed by atoms with E-state index in [4.69, 9.17) is 18.9 Å². The molecule has 250 valence electrons. The molecule has 17 atom stereocenters. The van der Waals surface area contributed by atoms with Gasteiger partial charge in [-0.1, -0.05) is 34.6 Å². The highest BCUT2D eigenvalue weighted by molar-refractivity contribution is 5.34. The van der Waals surface area contributed by atoms with Gasteiger partial charge in [0.1, 0.15) is 30.5 Å². The summed E-state index contributed by atoms with van der Waals surface area (Å²) in [5.41, 5.74) is -1.39. The van der Waals surface area contributed by atoms with Gasteiger partial charge in [-0.25, -0.2) is 0 Å². The maximum absolute atomic E-state index is 12.7. The van der Waals surface area contributed by atoms with Crippen molar-refractivity contribution in [2.75, 3.05) is 6.61 Å². The first-order chi connectivity index (χ1) is 20.4. The second-order valence-electron chi connectivity index (χ2n) is 18.3. The van der Waals surface area contributed by atoms with E-state index in [0.717, 1.165) is 44.9 Å². The van der Waals surface area contributed by atoms with E-state index in [1.165, 1.54) is 6.42 Å². The maximum atomic E-state index is 12.7. The molecular formula is C35H56O9. The van der Waals surface area contributed by atoms with Crippen LogP contribution in [0, 0.1) is 50.7 Å². The summed E-state index contributed by atoms with van der Waals surface area (Å²) in [5.74, 6) is 0.108. The van der Waals surface area contributed by atoms with Gasteiger partial charge in [0.25, 0.3) is 0 Å². The van der Waals surface area contributed by atoms with E-state index in [9.17, 15) is 25.5 Å². The SMILES string of the molecule is C[C@@H]1C[C@@H]2O[C@]3(O[C@H]2C(C)(C)O)[C@@H](O)[C@@]2(C)[C@@H]4CC[C@@H]5C(C)(C)[C@@H](O[C@H]6OC[C@H](O)[C@@H](O)[C@@H]6O)CC[C@]56C[C@]46CC[C@]2(C)[C@@H]13. The highest BCUT2D eigenvalue weighted by Crippen LogP contribution is 2.90. The Hall–Kier alpha value is -0.360. The third kappa shape index (κ3) is 3.38. The third-order valence-electron chi connectivity index (χ3n) is 15.9. The molecule has 3 spiro atoms. The predicted molar refractivity (Wildman–Crippen MR) is 159 cm³/mol. The Morgan fingerprint density at radius 2 is 1.52 bits per heavy atom. The summed E-state index contributed by atoms with van der Waals surface area (Å²) >= 11 is 0. The van der Waals surface area contributed by atoms with Gasteiger partial charge < -0.3 is 44.5 Å². The average molecular weight is 621 g/mol. The molecule has 3 saturated heterocycles. The van der Waals surface area contributed by atoms with E-state index < -0.39 is 48.2 Å². The lowest BCUT2D eigenvalue weighted by molar-refractivity contribution is -0.303. The number of rotatable bonds is 3. The van der Waals surface area contributed by atoms with Gasteiger partial charge in [0.15, 0.2) is 12.1 Å². The fourth-order valence-corrected chi connectivity index (χ4v) is 14.0. The van der Waals surface area contributed by atoms with Crippen molar-refractivity contribution in [1.29, 1.82) is 0 Å². The molecule has 5 saturated carbocycles. The van der Waals surface area contributed by atoms with Gasteiger partial charge in [-0.3, -0.25) is 0 Å². The van der Waals surface area contributed by atoms with E-state index in [2.05, 4.69) is 34.6 Å². The fourth-order valence-electron chi connectivity index (χ4n) is 14.0. The molecule has 9 heteroatoms. The van der Waals surface area contributed by atoms with Crippen molar-refractivity contribution < 1.29 is 44.5 Å². The molecule has 8 aliphatic rings. The van der Waals surface area contributed by atoms with Crippen LogP contribution in [-0.2, 0) is 18.9 Å². The van der Waals surface area contributed by atoms with Gasteiger partial charge in [-0.05, 0) is 105 Å². The zero-order valence-electron chi connectivity index (χ0n) is 27.7. The maximum Gasteiger partial charge on any atom is 0.199 e. The molecule has 9 nitrogen and oxygen atoms in total. The molecule has 0 aromatic heterocycles. The summed E-state index contributed by atoms with van der Waals surface area (Å²) < 4.78 is 25.8. The van der Waals surface area contributed by atoms with Crippen molar-refractivity contribution in [1.82, 2.24) is 0 Å². The molecule has 0 amide bonds. The predicted octanol–water partition coefficient (Wildman–Crippen LogP) is 3.12. The van der Waals surface area contributed by atoms with Crippen LogP contribution in [0.4, 0.5) is 0 Å². The highest BCUT2D eigenvalue weighted by Gasteiger charge is 2.88. The van der Waals surface area contributed by atoms with E-state index in [-0.39, 0.29) is 51.8 Å². The molecule has 3 aliphatic heterocycles. The summed E-state index contributed by atoms with van der Waals surface area (Å²) in [5, 5.41) is 54.5. The van der Waals surface area contributed by atoms with Gasteiger partial charge in [0.05, 0.1) is 24.4 Å². The molecule has 2 bridgehead atoms. The number of aliphatic hydroxyl groups is 5. The lowest BCUT2D eigenvalue weighted by Crippen LogP contribution is -2.61. The molecule has 0 unspecified atom stereocenters. The first-order valence-corrected chi connectivity index (χ1v) is 17.5. The van der Waals surface area contributed by atoms with Gasteiger partial charge in [0.2, 0.25) is 0 Å². The largest absolute Gasteiger partial charge is 0.388 e. The lowest BCUT2D eigenvalue weighted by Gasteiger charge is -2.63. The molecular weight excluding hydrogens is 564 g/mol. The van der Waals surface area contributed by atoms with Crippen LogP contribution in [0.2, 0.25) is 0 Å². The average Bonchev–Trinajstić information content (AvgIpc) is 3.45. The van der Waals surface area contributed by atoms with Crippen molar-refractivity contribution in [2.45, 2.75) is 160 Å². The monoisotopic (exact) mass is 620 g/mol. The van der Waals surface area contributed by atoms with Crippen molar-refractivity contribution in [3.05, 3.63) is 0 Å². The zero-order valence-corrected chi connectivity index (χ0v) is 27.7. The Morgan fingerprint density at radius 3 is 2.23 bits per heavy atom. The molecule has 3 heterocycles. The number of aliphatic hydroxyl groups excluding tert-OH is 4. The van der Waals surface area contributed by atoms with Crippen LogP contribution in [-0.4, -0.2) is 92.5 Å². The summed E-state index contributed by atoms with van der Waals surface area (Å²) in [6.45, 7) is 15.2. The summed E-state index contributed by atoms with van der Waals surface area (Å²) in [6.07, 6.45) is 2.00. The number of fused-ring (bicyclic) bond motifs is 4. The molecule has 0 radical (unpaired) electrons. The van der Waals surface area contributed by atoms with Crippen LogP contribution >= 0.6 is 0 Å². The molecule has 5 aliphatic carbocycles. The summed E-state index contributed by atoms with van der Waals surface area (Å²) in [4.78, 5) is 0. The van der Waals surface area contributed by atoms with Crippen LogP contribution < -0.4 is 0 Å². The first kappa shape index (κ1) is 30.9. The molecule has 5 N–H and O–H groups in total. The van der Waals surface area contributed by atoms with Crippen LogP contribution in [0.15, 0.2) is 0 Å². The number of hydrogen-bond acceptors (Lipinski definition) is 9. The van der Waals surface area contributed by atoms with Gasteiger partial charge in [0, 0.05) is 11.3 Å². The molecule has 0 aromatic rings. The Balaban J connectivity index is 1.10. The molecule has 8 rings (SSSR count). The second-order valence-corrected chi connectivity index (χ2v) is 18.3. The van der Waals surface area contributed by atoms with Crippen LogP contribution in [0.1, 0.15) is 99.8 Å². The van der Waals surface area contributed by atoms with Crippen molar-refractivity contribution in [3.63, 3.8) is 0 Å². The number of hydrogen-bond donors (Lipinski definition) is 5. The van der Waals surface area contributed by atoms with Crippen molar-refractivity contribution >= 4 is 0 Å². The van der Waals surface area contributed by atoms with Crippen molar-refractivity contribution in [2.24, 2.45) is 50.7 Å².